The number of aryl methyl sites for hydroxylation is 1. The van der Waals surface area contributed by atoms with E-state index in [2.05, 4.69) is 4.98 Å². The minimum absolute atomic E-state index is 0.0249. The van der Waals surface area contributed by atoms with Crippen LogP contribution in [-0.2, 0) is 4.74 Å². The third-order valence-corrected chi connectivity index (χ3v) is 5.42. The van der Waals surface area contributed by atoms with Crippen LogP contribution >= 0.6 is 11.3 Å². The molecule has 1 fully saturated rings. The van der Waals surface area contributed by atoms with Gasteiger partial charge >= 0.3 is 5.63 Å². The zero-order valence-corrected chi connectivity index (χ0v) is 14.8. The molecule has 2 aromatic heterocycles. The topological polar surface area (TPSA) is 92.9 Å². The van der Waals surface area contributed by atoms with E-state index in [0.717, 1.165) is 0 Å². The Balaban J connectivity index is 1.74. The molecule has 1 N–H and O–H groups in total. The number of phenolic OH excluding ortho intramolecular Hbond substituents is 1. The average molecular weight is 372 g/mol. The Morgan fingerprint density at radius 1 is 1.27 bits per heavy atom. The molecule has 1 saturated heterocycles. The molecular weight excluding hydrogens is 356 g/mol. The first-order chi connectivity index (χ1) is 12.5. The smallest absolute Gasteiger partial charge is 0.346 e. The highest BCUT2D eigenvalue weighted by Crippen LogP contribution is 2.29. The third kappa shape index (κ3) is 2.97. The minimum atomic E-state index is -0.553. The monoisotopic (exact) mass is 372 g/mol. The number of carbonyl (C=O) groups is 1. The Kier molecular flexibility index (Phi) is 4.21. The number of hydrogen-bond acceptors (Lipinski definition) is 7. The van der Waals surface area contributed by atoms with Crippen molar-refractivity contribution >= 4 is 28.2 Å². The number of amides is 1. The van der Waals surface area contributed by atoms with Crippen LogP contribution in [-0.4, -0.2) is 47.2 Å². The van der Waals surface area contributed by atoms with E-state index in [9.17, 15) is 14.7 Å². The van der Waals surface area contributed by atoms with E-state index < -0.39 is 5.63 Å². The number of phenols is 1. The van der Waals surface area contributed by atoms with Crippen molar-refractivity contribution in [3.63, 3.8) is 0 Å². The number of aromatic hydroxyl groups is 1. The first-order valence-electron chi connectivity index (χ1n) is 8.14. The number of hydrogen-bond donors (Lipinski definition) is 1. The molecule has 0 spiro atoms. The summed E-state index contributed by atoms with van der Waals surface area (Å²) in [5.74, 6) is -0.0680. The lowest BCUT2D eigenvalue weighted by Crippen LogP contribution is -2.40. The highest BCUT2D eigenvalue weighted by Gasteiger charge is 2.24. The molecule has 1 amide bonds. The number of nitrogens with zero attached hydrogens (tertiary/aromatic N) is 2. The lowest BCUT2D eigenvalue weighted by molar-refractivity contribution is 0.0305. The first-order valence-corrected chi connectivity index (χ1v) is 8.96. The molecule has 3 heterocycles. The summed E-state index contributed by atoms with van der Waals surface area (Å²) in [6, 6.07) is 6.24. The zero-order valence-electron chi connectivity index (χ0n) is 14.0. The molecule has 1 aromatic carbocycles. The maximum atomic E-state index is 12.7. The van der Waals surface area contributed by atoms with Crippen LogP contribution in [0.2, 0.25) is 0 Å². The van der Waals surface area contributed by atoms with E-state index >= 15 is 0 Å². The largest absolute Gasteiger partial charge is 0.508 e. The average Bonchev–Trinajstić information content (AvgIpc) is 3.02. The molecule has 0 aliphatic carbocycles. The lowest BCUT2D eigenvalue weighted by atomic mass is 10.2. The predicted octanol–water partition coefficient (Wildman–Crippen LogP) is 2.40. The quantitative estimate of drug-likeness (QED) is 0.695. The predicted molar refractivity (Wildman–Crippen MR) is 96.7 cm³/mol. The molecule has 0 unspecified atom stereocenters. The van der Waals surface area contributed by atoms with Crippen molar-refractivity contribution in [2.45, 2.75) is 6.92 Å². The summed E-state index contributed by atoms with van der Waals surface area (Å²) in [7, 11) is 0. The summed E-state index contributed by atoms with van der Waals surface area (Å²) >= 11 is 1.19. The first kappa shape index (κ1) is 16.7. The van der Waals surface area contributed by atoms with Gasteiger partial charge in [-0.1, -0.05) is 0 Å². The van der Waals surface area contributed by atoms with Crippen molar-refractivity contribution in [1.82, 2.24) is 9.88 Å². The number of thiazole rings is 1. The Hall–Kier alpha value is -2.71. The van der Waals surface area contributed by atoms with Gasteiger partial charge in [0.2, 0.25) is 0 Å². The van der Waals surface area contributed by atoms with Crippen LogP contribution in [0.1, 0.15) is 15.4 Å². The van der Waals surface area contributed by atoms with Gasteiger partial charge in [0.25, 0.3) is 5.91 Å². The second-order valence-electron chi connectivity index (χ2n) is 6.01. The molecule has 0 atom stereocenters. The molecule has 4 rings (SSSR count). The molecular formula is C18H16N2O5S. The van der Waals surface area contributed by atoms with Gasteiger partial charge in [0.05, 0.1) is 24.5 Å². The van der Waals surface area contributed by atoms with Crippen molar-refractivity contribution in [3.05, 3.63) is 45.3 Å². The van der Waals surface area contributed by atoms with Crippen LogP contribution < -0.4 is 5.63 Å². The van der Waals surface area contributed by atoms with Gasteiger partial charge in [0.1, 0.15) is 21.2 Å². The summed E-state index contributed by atoms with van der Waals surface area (Å²) in [4.78, 5) is 31.7. The molecule has 0 bridgehead atoms. The summed E-state index contributed by atoms with van der Waals surface area (Å²) in [5.41, 5.74) is 0.642. The molecule has 3 aromatic rings. The molecule has 7 nitrogen and oxygen atoms in total. The number of rotatable bonds is 2. The number of fused-ring (bicyclic) bond motifs is 1. The summed E-state index contributed by atoms with van der Waals surface area (Å²) in [6.45, 7) is 3.91. The number of aromatic nitrogens is 1. The molecule has 26 heavy (non-hydrogen) atoms. The number of ether oxygens (including phenoxy) is 1. The van der Waals surface area contributed by atoms with E-state index in [-0.39, 0.29) is 11.7 Å². The summed E-state index contributed by atoms with van der Waals surface area (Å²) < 4.78 is 10.6. The standard InChI is InChI=1S/C18H16N2O5S/c1-10-15(17(22)20-4-6-24-7-5-20)26-16(19-10)13-8-11-2-3-12(21)9-14(11)25-18(13)23/h2-3,8-9,21H,4-7H2,1H3. The molecule has 1 aliphatic rings. The fraction of sp³-hybridized carbons (Fsp3) is 0.278. The molecule has 8 heteroatoms. The maximum Gasteiger partial charge on any atom is 0.346 e. The Bertz CT molecular complexity index is 1050. The van der Waals surface area contributed by atoms with Crippen molar-refractivity contribution in [2.24, 2.45) is 0 Å². The molecule has 134 valence electrons. The number of carbonyl (C=O) groups excluding carboxylic acids is 1. The van der Waals surface area contributed by atoms with Crippen LogP contribution in [0, 0.1) is 6.92 Å². The van der Waals surface area contributed by atoms with E-state index in [1.807, 2.05) is 0 Å². The van der Waals surface area contributed by atoms with Crippen molar-refractivity contribution < 1.29 is 19.1 Å². The fourth-order valence-corrected chi connectivity index (χ4v) is 3.91. The van der Waals surface area contributed by atoms with Crippen LogP contribution in [0.3, 0.4) is 0 Å². The molecule has 0 radical (unpaired) electrons. The minimum Gasteiger partial charge on any atom is -0.508 e. The van der Waals surface area contributed by atoms with Gasteiger partial charge in [-0.3, -0.25) is 4.79 Å². The van der Waals surface area contributed by atoms with Crippen molar-refractivity contribution in [2.75, 3.05) is 26.3 Å². The van der Waals surface area contributed by atoms with Crippen molar-refractivity contribution in [3.8, 4) is 16.3 Å². The second kappa shape index (κ2) is 6.54. The number of benzene rings is 1. The van der Waals surface area contributed by atoms with E-state index in [0.29, 0.717) is 58.4 Å². The van der Waals surface area contributed by atoms with Gasteiger partial charge in [-0.25, -0.2) is 9.78 Å². The molecule has 0 saturated carbocycles. The zero-order chi connectivity index (χ0) is 18.3. The molecule has 1 aliphatic heterocycles. The highest BCUT2D eigenvalue weighted by molar-refractivity contribution is 7.17. The van der Waals surface area contributed by atoms with Gasteiger partial charge in [-0.15, -0.1) is 11.3 Å². The van der Waals surface area contributed by atoms with Crippen LogP contribution in [0.25, 0.3) is 21.5 Å². The summed E-state index contributed by atoms with van der Waals surface area (Å²) in [5, 5.41) is 10.6. The van der Waals surface area contributed by atoms with E-state index in [4.69, 9.17) is 9.15 Å². The van der Waals surface area contributed by atoms with Gasteiger partial charge in [-0.05, 0) is 25.1 Å². The normalized spacial score (nSPS) is 14.7. The van der Waals surface area contributed by atoms with Crippen molar-refractivity contribution in [1.29, 1.82) is 0 Å². The lowest BCUT2D eigenvalue weighted by Gasteiger charge is -2.26. The third-order valence-electron chi connectivity index (χ3n) is 4.24. The highest BCUT2D eigenvalue weighted by atomic mass is 32.1. The Morgan fingerprint density at radius 3 is 2.81 bits per heavy atom. The van der Waals surface area contributed by atoms with E-state index in [1.165, 1.54) is 23.5 Å². The fourth-order valence-electron chi connectivity index (χ4n) is 2.87. The van der Waals surface area contributed by atoms with Crippen LogP contribution in [0.5, 0.6) is 5.75 Å². The van der Waals surface area contributed by atoms with Gasteiger partial charge in [-0.2, -0.15) is 0 Å². The van der Waals surface area contributed by atoms with Crippen LogP contribution in [0.4, 0.5) is 0 Å². The Labute approximate surface area is 152 Å². The number of morpholine rings is 1. The maximum absolute atomic E-state index is 12.7. The van der Waals surface area contributed by atoms with Gasteiger partial charge < -0.3 is 19.2 Å². The summed E-state index contributed by atoms with van der Waals surface area (Å²) in [6.07, 6.45) is 0. The van der Waals surface area contributed by atoms with Crippen LogP contribution in [0.15, 0.2) is 33.5 Å². The Morgan fingerprint density at radius 2 is 2.04 bits per heavy atom. The van der Waals surface area contributed by atoms with Gasteiger partial charge in [0.15, 0.2) is 0 Å². The second-order valence-corrected chi connectivity index (χ2v) is 7.01. The van der Waals surface area contributed by atoms with Gasteiger partial charge in [0, 0.05) is 24.5 Å². The SMILES string of the molecule is Cc1nc(-c2cc3ccc(O)cc3oc2=O)sc1C(=O)N1CCOCC1. The van der Waals surface area contributed by atoms with E-state index in [1.54, 1.807) is 24.0 Å².